The molecule has 1 fully saturated rings. The van der Waals surface area contributed by atoms with Crippen LogP contribution in [0.15, 0.2) is 24.3 Å². The Labute approximate surface area is 123 Å². The summed E-state index contributed by atoms with van der Waals surface area (Å²) in [6, 6.07) is 8.64. The van der Waals surface area contributed by atoms with Gasteiger partial charge in [-0.2, -0.15) is 0 Å². The average molecular weight is 276 g/mol. The zero-order valence-corrected chi connectivity index (χ0v) is 13.0. The lowest BCUT2D eigenvalue weighted by Crippen LogP contribution is -2.40. The van der Waals surface area contributed by atoms with Crippen LogP contribution in [-0.2, 0) is 0 Å². The molecule has 0 bridgehead atoms. The Bertz CT molecular complexity index is 411. The van der Waals surface area contributed by atoms with E-state index < -0.39 is 0 Å². The van der Waals surface area contributed by atoms with Crippen molar-refractivity contribution in [3.63, 3.8) is 0 Å². The molecule has 2 N–H and O–H groups in total. The Hall–Kier alpha value is -1.06. The molecule has 3 nitrogen and oxygen atoms in total. The second kappa shape index (κ2) is 7.09. The quantitative estimate of drug-likeness (QED) is 0.898. The monoisotopic (exact) mass is 276 g/mol. The molecule has 112 valence electrons. The third kappa shape index (κ3) is 3.53. The van der Waals surface area contributed by atoms with Crippen molar-refractivity contribution < 1.29 is 4.74 Å². The molecule has 2 rings (SSSR count). The van der Waals surface area contributed by atoms with Crippen molar-refractivity contribution in [2.24, 2.45) is 17.6 Å². The fourth-order valence-electron chi connectivity index (χ4n) is 3.24. The molecule has 1 aromatic carbocycles. The second-order valence-corrected chi connectivity index (χ2v) is 6.15. The second-order valence-electron chi connectivity index (χ2n) is 6.15. The molecule has 1 aliphatic heterocycles. The van der Waals surface area contributed by atoms with Gasteiger partial charge in [0.05, 0.1) is 7.11 Å². The molecular formula is C17H28N2O. The van der Waals surface area contributed by atoms with Crippen molar-refractivity contribution in [1.29, 1.82) is 0 Å². The van der Waals surface area contributed by atoms with Crippen molar-refractivity contribution in [2.75, 3.05) is 26.7 Å². The Kier molecular flexibility index (Phi) is 5.44. The summed E-state index contributed by atoms with van der Waals surface area (Å²) in [4.78, 5) is 2.54. The highest BCUT2D eigenvalue weighted by atomic mass is 16.5. The number of benzene rings is 1. The van der Waals surface area contributed by atoms with Gasteiger partial charge in [0.2, 0.25) is 0 Å². The summed E-state index contributed by atoms with van der Waals surface area (Å²) in [5, 5.41) is 0. The van der Waals surface area contributed by atoms with E-state index in [1.54, 1.807) is 7.11 Å². The Morgan fingerprint density at radius 2 is 2.00 bits per heavy atom. The lowest BCUT2D eigenvalue weighted by Gasteiger charge is -2.38. The van der Waals surface area contributed by atoms with Gasteiger partial charge in [0.1, 0.15) is 5.75 Å². The van der Waals surface area contributed by atoms with Gasteiger partial charge in [0.15, 0.2) is 0 Å². The molecule has 0 aromatic heterocycles. The molecule has 0 saturated carbocycles. The summed E-state index contributed by atoms with van der Waals surface area (Å²) in [6.45, 7) is 7.65. The third-order valence-electron chi connectivity index (χ3n) is 4.66. The molecule has 3 heteroatoms. The lowest BCUT2D eigenvalue weighted by atomic mass is 9.86. The number of likely N-dealkylation sites (tertiary alicyclic amines) is 1. The SMILES string of the molecule is COc1cccc(C(CN)N2CCC(C(C)C)CC2)c1. The summed E-state index contributed by atoms with van der Waals surface area (Å²) >= 11 is 0. The van der Waals surface area contributed by atoms with Gasteiger partial charge in [0.25, 0.3) is 0 Å². The van der Waals surface area contributed by atoms with Crippen LogP contribution in [-0.4, -0.2) is 31.6 Å². The van der Waals surface area contributed by atoms with Crippen LogP contribution in [0.25, 0.3) is 0 Å². The molecule has 1 aromatic rings. The summed E-state index contributed by atoms with van der Waals surface area (Å²) < 4.78 is 5.33. The minimum absolute atomic E-state index is 0.318. The van der Waals surface area contributed by atoms with Crippen LogP contribution in [0.3, 0.4) is 0 Å². The van der Waals surface area contributed by atoms with E-state index in [0.717, 1.165) is 30.7 Å². The standard InChI is InChI=1S/C17H28N2O/c1-13(2)14-7-9-19(10-8-14)17(12-18)15-5-4-6-16(11-15)20-3/h4-6,11,13-14,17H,7-10,12,18H2,1-3H3. The average Bonchev–Trinajstić information content (AvgIpc) is 2.49. The minimum Gasteiger partial charge on any atom is -0.497 e. The number of hydrogen-bond acceptors (Lipinski definition) is 3. The van der Waals surface area contributed by atoms with Crippen molar-refractivity contribution in [3.8, 4) is 5.75 Å². The van der Waals surface area contributed by atoms with Gasteiger partial charge < -0.3 is 10.5 Å². The van der Waals surface area contributed by atoms with Crippen LogP contribution in [0, 0.1) is 11.8 Å². The number of hydrogen-bond donors (Lipinski definition) is 1. The van der Waals surface area contributed by atoms with Crippen LogP contribution >= 0.6 is 0 Å². The highest BCUT2D eigenvalue weighted by molar-refractivity contribution is 5.30. The smallest absolute Gasteiger partial charge is 0.119 e. The van der Waals surface area contributed by atoms with Gasteiger partial charge >= 0.3 is 0 Å². The van der Waals surface area contributed by atoms with Gasteiger partial charge in [-0.15, -0.1) is 0 Å². The molecule has 20 heavy (non-hydrogen) atoms. The van der Waals surface area contributed by atoms with Crippen LogP contribution in [0.4, 0.5) is 0 Å². The fraction of sp³-hybridized carbons (Fsp3) is 0.647. The summed E-state index contributed by atoms with van der Waals surface area (Å²) in [5.41, 5.74) is 7.31. The minimum atomic E-state index is 0.318. The summed E-state index contributed by atoms with van der Waals surface area (Å²) in [6.07, 6.45) is 2.58. The first-order valence-corrected chi connectivity index (χ1v) is 7.73. The van der Waals surface area contributed by atoms with Gasteiger partial charge in [-0.3, -0.25) is 4.90 Å². The fourth-order valence-corrected chi connectivity index (χ4v) is 3.24. The number of rotatable bonds is 5. The topological polar surface area (TPSA) is 38.5 Å². The largest absolute Gasteiger partial charge is 0.497 e. The molecule has 1 heterocycles. The van der Waals surface area contributed by atoms with Crippen LogP contribution in [0.1, 0.15) is 38.3 Å². The third-order valence-corrected chi connectivity index (χ3v) is 4.66. The highest BCUT2D eigenvalue weighted by Crippen LogP contribution is 2.30. The Balaban J connectivity index is 2.05. The molecule has 0 spiro atoms. The van der Waals surface area contributed by atoms with Gasteiger partial charge in [-0.05, 0) is 55.5 Å². The van der Waals surface area contributed by atoms with Crippen molar-refractivity contribution >= 4 is 0 Å². The van der Waals surface area contributed by atoms with Gasteiger partial charge in [-0.1, -0.05) is 26.0 Å². The number of nitrogens with zero attached hydrogens (tertiary/aromatic N) is 1. The molecule has 0 amide bonds. The molecule has 1 saturated heterocycles. The number of nitrogens with two attached hydrogens (primary N) is 1. The highest BCUT2D eigenvalue weighted by Gasteiger charge is 2.26. The number of ether oxygens (including phenoxy) is 1. The Morgan fingerprint density at radius 1 is 1.30 bits per heavy atom. The molecule has 1 atom stereocenters. The zero-order valence-electron chi connectivity index (χ0n) is 13.0. The van der Waals surface area contributed by atoms with E-state index in [1.165, 1.54) is 18.4 Å². The van der Waals surface area contributed by atoms with Crippen LogP contribution < -0.4 is 10.5 Å². The van der Waals surface area contributed by atoms with E-state index in [1.807, 2.05) is 6.07 Å². The predicted molar refractivity (Wildman–Crippen MR) is 83.9 cm³/mol. The maximum atomic E-state index is 6.04. The Morgan fingerprint density at radius 3 is 2.55 bits per heavy atom. The van der Waals surface area contributed by atoms with Crippen molar-refractivity contribution in [1.82, 2.24) is 4.90 Å². The number of methoxy groups -OCH3 is 1. The summed E-state index contributed by atoms with van der Waals surface area (Å²) in [7, 11) is 1.71. The van der Waals surface area contributed by atoms with E-state index in [-0.39, 0.29) is 0 Å². The van der Waals surface area contributed by atoms with E-state index in [2.05, 4.69) is 36.9 Å². The van der Waals surface area contributed by atoms with E-state index in [9.17, 15) is 0 Å². The van der Waals surface area contributed by atoms with Crippen molar-refractivity contribution in [3.05, 3.63) is 29.8 Å². The first-order chi connectivity index (χ1) is 9.65. The first-order valence-electron chi connectivity index (χ1n) is 7.73. The first kappa shape index (κ1) is 15.3. The van der Waals surface area contributed by atoms with Gasteiger partial charge in [-0.25, -0.2) is 0 Å². The number of piperidine rings is 1. The molecule has 0 radical (unpaired) electrons. The normalized spacial score (nSPS) is 19.2. The summed E-state index contributed by atoms with van der Waals surface area (Å²) in [5.74, 6) is 2.58. The predicted octanol–water partition coefficient (Wildman–Crippen LogP) is 3.06. The maximum Gasteiger partial charge on any atom is 0.119 e. The van der Waals surface area contributed by atoms with Gasteiger partial charge in [0, 0.05) is 12.6 Å². The van der Waals surface area contributed by atoms with Crippen LogP contribution in [0.2, 0.25) is 0 Å². The molecule has 0 aliphatic carbocycles. The molecular weight excluding hydrogens is 248 g/mol. The lowest BCUT2D eigenvalue weighted by molar-refractivity contribution is 0.117. The van der Waals surface area contributed by atoms with E-state index >= 15 is 0 Å². The maximum absolute atomic E-state index is 6.04. The van der Waals surface area contributed by atoms with Crippen molar-refractivity contribution in [2.45, 2.75) is 32.7 Å². The molecule has 1 unspecified atom stereocenters. The van der Waals surface area contributed by atoms with E-state index in [4.69, 9.17) is 10.5 Å². The zero-order chi connectivity index (χ0) is 14.5. The van der Waals surface area contributed by atoms with Crippen LogP contribution in [0.5, 0.6) is 5.75 Å². The van der Waals surface area contributed by atoms with E-state index in [0.29, 0.717) is 12.6 Å². The molecule has 1 aliphatic rings.